The SMILES string of the molecule is COC1C(CN2CCCO2)CCCC1C1CC(C(=O)NC(CC2CCCCC2)CN(C)C)CC(N(C)C)C1. The molecular formula is C31H58N4O3. The van der Waals surface area contributed by atoms with Gasteiger partial charge in [0.05, 0.1) is 12.7 Å². The molecule has 4 fully saturated rings. The van der Waals surface area contributed by atoms with Crippen molar-refractivity contribution in [3.05, 3.63) is 0 Å². The molecule has 0 radical (unpaired) electrons. The van der Waals surface area contributed by atoms with Crippen LogP contribution in [0.15, 0.2) is 0 Å². The molecule has 7 nitrogen and oxygen atoms in total. The number of amides is 1. The molecule has 3 aliphatic carbocycles. The Morgan fingerprint density at radius 3 is 2.45 bits per heavy atom. The third-order valence-electron chi connectivity index (χ3n) is 10.2. The average Bonchev–Trinajstić information content (AvgIpc) is 3.41. The van der Waals surface area contributed by atoms with Crippen LogP contribution in [0, 0.1) is 29.6 Å². The number of methoxy groups -OCH3 is 1. The van der Waals surface area contributed by atoms with Gasteiger partial charge in [-0.3, -0.25) is 9.63 Å². The van der Waals surface area contributed by atoms with Crippen LogP contribution in [0.25, 0.3) is 0 Å². The molecule has 7 heteroatoms. The number of hydrogen-bond acceptors (Lipinski definition) is 6. The molecular weight excluding hydrogens is 476 g/mol. The Labute approximate surface area is 233 Å². The van der Waals surface area contributed by atoms with Crippen molar-refractivity contribution in [2.45, 2.75) is 102 Å². The van der Waals surface area contributed by atoms with Crippen LogP contribution in [0.2, 0.25) is 0 Å². The summed E-state index contributed by atoms with van der Waals surface area (Å²) in [6.45, 7) is 3.81. The van der Waals surface area contributed by atoms with Gasteiger partial charge in [-0.25, -0.2) is 0 Å². The van der Waals surface area contributed by atoms with Crippen LogP contribution in [0.4, 0.5) is 0 Å². The molecule has 1 saturated heterocycles. The molecule has 220 valence electrons. The van der Waals surface area contributed by atoms with Crippen molar-refractivity contribution in [1.29, 1.82) is 0 Å². The molecule has 0 aromatic rings. The van der Waals surface area contributed by atoms with E-state index in [4.69, 9.17) is 9.57 Å². The van der Waals surface area contributed by atoms with Crippen molar-refractivity contribution in [2.24, 2.45) is 29.6 Å². The van der Waals surface area contributed by atoms with E-state index in [1.54, 1.807) is 0 Å². The van der Waals surface area contributed by atoms with E-state index >= 15 is 0 Å². The Hall–Kier alpha value is -0.730. The third kappa shape index (κ3) is 8.39. The van der Waals surface area contributed by atoms with Crippen molar-refractivity contribution in [3.63, 3.8) is 0 Å². The lowest BCUT2D eigenvalue weighted by Gasteiger charge is -2.47. The first-order valence-electron chi connectivity index (χ1n) is 15.9. The van der Waals surface area contributed by atoms with Gasteiger partial charge in [0.15, 0.2) is 0 Å². The summed E-state index contributed by atoms with van der Waals surface area (Å²) in [5.41, 5.74) is 0. The van der Waals surface area contributed by atoms with Crippen molar-refractivity contribution in [3.8, 4) is 0 Å². The zero-order chi connectivity index (χ0) is 27.1. The summed E-state index contributed by atoms with van der Waals surface area (Å²) in [6, 6.07) is 0.708. The van der Waals surface area contributed by atoms with Gasteiger partial charge < -0.3 is 19.9 Å². The maximum absolute atomic E-state index is 13.9. The van der Waals surface area contributed by atoms with Crippen molar-refractivity contribution in [2.75, 3.05) is 61.5 Å². The summed E-state index contributed by atoms with van der Waals surface area (Å²) in [5.74, 6) is 2.74. The first-order valence-corrected chi connectivity index (χ1v) is 15.9. The van der Waals surface area contributed by atoms with Gasteiger partial charge in [-0.15, -0.1) is 0 Å². The van der Waals surface area contributed by atoms with E-state index in [1.165, 1.54) is 57.8 Å². The molecule has 4 aliphatic rings. The second-order valence-corrected chi connectivity index (χ2v) is 13.6. The minimum atomic E-state index is 0.0944. The zero-order valence-electron chi connectivity index (χ0n) is 25.2. The van der Waals surface area contributed by atoms with E-state index in [9.17, 15) is 4.79 Å². The molecule has 7 atom stereocenters. The summed E-state index contributed by atoms with van der Waals surface area (Å²) in [7, 11) is 10.6. The molecule has 1 heterocycles. The number of carbonyl (C=O) groups excluding carboxylic acids is 1. The number of hydroxylamine groups is 2. The fraction of sp³-hybridized carbons (Fsp3) is 0.968. The number of rotatable bonds is 11. The van der Waals surface area contributed by atoms with E-state index in [1.807, 2.05) is 7.11 Å². The Morgan fingerprint density at radius 1 is 1.00 bits per heavy atom. The maximum atomic E-state index is 13.9. The second kappa shape index (κ2) is 14.8. The lowest BCUT2D eigenvalue weighted by atomic mass is 9.65. The Kier molecular flexibility index (Phi) is 11.8. The Morgan fingerprint density at radius 2 is 1.79 bits per heavy atom. The van der Waals surface area contributed by atoms with Gasteiger partial charge >= 0.3 is 0 Å². The zero-order valence-corrected chi connectivity index (χ0v) is 25.2. The summed E-state index contributed by atoms with van der Waals surface area (Å²) >= 11 is 0. The van der Waals surface area contributed by atoms with Gasteiger partial charge in [-0.2, -0.15) is 5.06 Å². The largest absolute Gasteiger partial charge is 0.381 e. The van der Waals surface area contributed by atoms with Gasteiger partial charge in [-0.1, -0.05) is 38.5 Å². The second-order valence-electron chi connectivity index (χ2n) is 13.6. The van der Waals surface area contributed by atoms with E-state index in [-0.39, 0.29) is 18.1 Å². The summed E-state index contributed by atoms with van der Waals surface area (Å²) in [5, 5.41) is 5.75. The molecule has 3 saturated carbocycles. The molecule has 0 spiro atoms. The summed E-state index contributed by atoms with van der Waals surface area (Å²) < 4.78 is 6.26. The van der Waals surface area contributed by atoms with E-state index in [0.717, 1.165) is 57.8 Å². The normalized spacial score (nSPS) is 34.6. The van der Waals surface area contributed by atoms with Gasteiger partial charge in [0.2, 0.25) is 5.91 Å². The third-order valence-corrected chi connectivity index (χ3v) is 10.2. The highest BCUT2D eigenvalue weighted by molar-refractivity contribution is 5.79. The fourth-order valence-corrected chi connectivity index (χ4v) is 8.35. The fourth-order valence-electron chi connectivity index (χ4n) is 8.35. The monoisotopic (exact) mass is 534 g/mol. The smallest absolute Gasteiger partial charge is 0.223 e. The summed E-state index contributed by atoms with van der Waals surface area (Å²) in [4.78, 5) is 24.3. The number of ether oxygens (including phenoxy) is 1. The Balaban J connectivity index is 1.42. The molecule has 1 aliphatic heterocycles. The quantitative estimate of drug-likeness (QED) is 0.424. The van der Waals surface area contributed by atoms with Crippen LogP contribution < -0.4 is 5.32 Å². The lowest BCUT2D eigenvalue weighted by molar-refractivity contribution is -0.145. The predicted octanol–water partition coefficient (Wildman–Crippen LogP) is 4.42. The lowest BCUT2D eigenvalue weighted by Crippen LogP contribution is -2.51. The van der Waals surface area contributed by atoms with Crippen molar-refractivity contribution < 1.29 is 14.4 Å². The number of nitrogens with one attached hydrogen (secondary N) is 1. The minimum absolute atomic E-state index is 0.0944. The van der Waals surface area contributed by atoms with Crippen LogP contribution in [0.3, 0.4) is 0 Å². The van der Waals surface area contributed by atoms with Gasteiger partial charge in [0.1, 0.15) is 0 Å². The first-order chi connectivity index (χ1) is 18.3. The van der Waals surface area contributed by atoms with Crippen molar-refractivity contribution in [1.82, 2.24) is 20.2 Å². The molecule has 4 rings (SSSR count). The van der Waals surface area contributed by atoms with Gasteiger partial charge in [-0.05, 0) is 90.9 Å². The first kappa shape index (κ1) is 30.2. The van der Waals surface area contributed by atoms with E-state index < -0.39 is 0 Å². The molecule has 1 N–H and O–H groups in total. The maximum Gasteiger partial charge on any atom is 0.223 e. The number of carbonyl (C=O) groups is 1. The highest BCUT2D eigenvalue weighted by Gasteiger charge is 2.44. The standard InChI is InChI=1S/C31H58N4O3/c1-33(2)22-27(17-23-11-7-6-8-12-23)32-31(36)26-18-25(19-28(20-26)34(3)4)29-14-9-13-24(30(29)37-5)21-35-15-10-16-38-35/h23-30H,6-22H2,1-5H3,(H,32,36). The van der Waals surface area contributed by atoms with Crippen LogP contribution in [-0.4, -0.2) is 100 Å². The average molecular weight is 535 g/mol. The van der Waals surface area contributed by atoms with E-state index in [2.05, 4.69) is 48.4 Å². The van der Waals surface area contributed by atoms with Crippen LogP contribution in [0.5, 0.6) is 0 Å². The topological polar surface area (TPSA) is 57.3 Å². The molecule has 1 amide bonds. The van der Waals surface area contributed by atoms with Gasteiger partial charge in [0.25, 0.3) is 0 Å². The van der Waals surface area contributed by atoms with E-state index in [0.29, 0.717) is 29.7 Å². The van der Waals surface area contributed by atoms with Crippen LogP contribution in [0.1, 0.15) is 83.5 Å². The molecule has 0 aromatic heterocycles. The number of hydrogen-bond donors (Lipinski definition) is 1. The van der Waals surface area contributed by atoms with Crippen LogP contribution in [-0.2, 0) is 14.4 Å². The number of nitrogens with zero attached hydrogens (tertiary/aromatic N) is 3. The highest BCUT2D eigenvalue weighted by atomic mass is 16.7. The van der Waals surface area contributed by atoms with Crippen LogP contribution >= 0.6 is 0 Å². The molecule has 7 unspecified atom stereocenters. The summed E-state index contributed by atoms with van der Waals surface area (Å²) in [6.07, 6.45) is 16.1. The Bertz CT molecular complexity index is 707. The molecule has 0 aromatic carbocycles. The number of likely N-dealkylation sites (N-methyl/N-ethyl adjacent to an activating group) is 1. The molecule has 0 bridgehead atoms. The minimum Gasteiger partial charge on any atom is -0.381 e. The van der Waals surface area contributed by atoms with Gasteiger partial charge in [0, 0.05) is 50.7 Å². The predicted molar refractivity (Wildman–Crippen MR) is 154 cm³/mol. The molecule has 38 heavy (non-hydrogen) atoms. The highest BCUT2D eigenvalue weighted by Crippen LogP contribution is 2.44. The van der Waals surface area contributed by atoms with Crippen molar-refractivity contribution >= 4 is 5.91 Å².